The summed E-state index contributed by atoms with van der Waals surface area (Å²) in [6.07, 6.45) is 0. The molecule has 0 unspecified atom stereocenters. The van der Waals surface area contributed by atoms with Crippen LogP contribution in [0.2, 0.25) is 0 Å². The van der Waals surface area contributed by atoms with Crippen LogP contribution in [0.5, 0.6) is 0 Å². The molecule has 0 saturated heterocycles. The molecule has 0 bridgehead atoms. The number of rotatable bonds is 4. The van der Waals surface area contributed by atoms with Crippen LogP contribution in [0.1, 0.15) is 50.7 Å². The first-order valence-corrected chi connectivity index (χ1v) is 7.44. The second kappa shape index (κ2) is 6.13. The maximum atomic E-state index is 2.32. The Morgan fingerprint density at radius 1 is 0.650 bits per heavy atom. The molecule has 0 heterocycles. The number of para-hydroxylation sites is 2. The fraction of sp³-hybridized carbons (Fsp3) is 0.368. The summed E-state index contributed by atoms with van der Waals surface area (Å²) in [5.41, 5.74) is 5.40. The van der Waals surface area contributed by atoms with E-state index in [1.807, 2.05) is 0 Å². The van der Waals surface area contributed by atoms with Crippen molar-refractivity contribution in [3.8, 4) is 0 Å². The average Bonchev–Trinajstić information content (AvgIpc) is 2.46. The lowest BCUT2D eigenvalue weighted by Gasteiger charge is -2.27. The van der Waals surface area contributed by atoms with Gasteiger partial charge in [0.05, 0.1) is 0 Å². The molecule has 0 atom stereocenters. The van der Waals surface area contributed by atoms with Crippen molar-refractivity contribution < 1.29 is 0 Å². The minimum Gasteiger partial charge on any atom is -0.344 e. The van der Waals surface area contributed by atoms with E-state index in [0.717, 1.165) is 0 Å². The van der Waals surface area contributed by atoms with E-state index in [4.69, 9.17) is 0 Å². The van der Waals surface area contributed by atoms with Crippen molar-refractivity contribution in [1.29, 1.82) is 0 Å². The van der Waals surface area contributed by atoms with Gasteiger partial charge in [-0.15, -0.1) is 0 Å². The summed E-state index contributed by atoms with van der Waals surface area (Å²) < 4.78 is 0. The van der Waals surface area contributed by atoms with Gasteiger partial charge in [0.2, 0.25) is 0 Å². The molecule has 0 N–H and O–H groups in total. The highest BCUT2D eigenvalue weighted by Gasteiger charge is 2.15. The van der Waals surface area contributed by atoms with Crippen LogP contribution in [0.25, 0.3) is 0 Å². The Bertz CT molecular complexity index is 518. The Morgan fingerprint density at radius 3 is 1.35 bits per heavy atom. The summed E-state index contributed by atoms with van der Waals surface area (Å²) in [7, 11) is 2.17. The molecule has 20 heavy (non-hydrogen) atoms. The van der Waals surface area contributed by atoms with E-state index in [-0.39, 0.29) is 0 Å². The van der Waals surface area contributed by atoms with Crippen LogP contribution in [0, 0.1) is 0 Å². The molecule has 0 aliphatic rings. The highest BCUT2D eigenvalue weighted by atomic mass is 15.1. The second-order valence-corrected chi connectivity index (χ2v) is 5.99. The van der Waals surface area contributed by atoms with Crippen molar-refractivity contribution in [2.24, 2.45) is 0 Å². The number of hydrogen-bond acceptors (Lipinski definition) is 1. The Labute approximate surface area is 123 Å². The van der Waals surface area contributed by atoms with Crippen molar-refractivity contribution in [2.45, 2.75) is 39.5 Å². The van der Waals surface area contributed by atoms with Crippen LogP contribution in [-0.4, -0.2) is 7.05 Å². The lowest BCUT2D eigenvalue weighted by molar-refractivity contribution is 0.850. The molecule has 2 aromatic rings. The van der Waals surface area contributed by atoms with Gasteiger partial charge in [-0.05, 0) is 35.1 Å². The third-order valence-electron chi connectivity index (χ3n) is 3.84. The van der Waals surface area contributed by atoms with Crippen molar-refractivity contribution >= 4 is 11.4 Å². The average molecular weight is 267 g/mol. The van der Waals surface area contributed by atoms with Crippen LogP contribution in [0.4, 0.5) is 11.4 Å². The molecule has 2 rings (SSSR count). The Morgan fingerprint density at radius 2 is 1.00 bits per heavy atom. The minimum absolute atomic E-state index is 0.528. The topological polar surface area (TPSA) is 3.24 Å². The highest BCUT2D eigenvalue weighted by molar-refractivity contribution is 5.69. The smallest absolute Gasteiger partial charge is 0.0443 e. The number of hydrogen-bond donors (Lipinski definition) is 0. The molecule has 0 radical (unpaired) electrons. The Balaban J connectivity index is 2.50. The number of anilines is 2. The van der Waals surface area contributed by atoms with Gasteiger partial charge < -0.3 is 4.90 Å². The quantitative estimate of drug-likeness (QED) is 0.686. The lowest BCUT2D eigenvalue weighted by atomic mass is 9.97. The molecule has 0 amide bonds. The van der Waals surface area contributed by atoms with Crippen LogP contribution >= 0.6 is 0 Å². The number of nitrogens with zero attached hydrogens (tertiary/aromatic N) is 1. The van der Waals surface area contributed by atoms with Gasteiger partial charge in [0.15, 0.2) is 0 Å². The monoisotopic (exact) mass is 267 g/mol. The summed E-state index contributed by atoms with van der Waals surface area (Å²) in [4.78, 5) is 2.32. The normalized spacial score (nSPS) is 11.2. The maximum absolute atomic E-state index is 2.32. The Kier molecular flexibility index (Phi) is 4.49. The maximum Gasteiger partial charge on any atom is 0.0443 e. The van der Waals surface area contributed by atoms with Crippen molar-refractivity contribution in [3.05, 3.63) is 59.7 Å². The molecule has 0 aromatic heterocycles. The summed E-state index contributed by atoms with van der Waals surface area (Å²) in [6, 6.07) is 17.4. The van der Waals surface area contributed by atoms with E-state index >= 15 is 0 Å². The molecule has 2 aromatic carbocycles. The van der Waals surface area contributed by atoms with E-state index in [9.17, 15) is 0 Å². The van der Waals surface area contributed by atoms with Gasteiger partial charge >= 0.3 is 0 Å². The van der Waals surface area contributed by atoms with Gasteiger partial charge in [0, 0.05) is 18.4 Å². The zero-order valence-corrected chi connectivity index (χ0v) is 13.2. The van der Waals surface area contributed by atoms with Crippen molar-refractivity contribution in [1.82, 2.24) is 0 Å². The SMILES string of the molecule is CC(C)c1ccccc1N(C)c1ccccc1C(C)C. The molecular formula is C19H25N. The van der Waals surface area contributed by atoms with E-state index in [0.29, 0.717) is 11.8 Å². The van der Waals surface area contributed by atoms with E-state index < -0.39 is 0 Å². The van der Waals surface area contributed by atoms with Gasteiger partial charge in [0.25, 0.3) is 0 Å². The van der Waals surface area contributed by atoms with Gasteiger partial charge in [0.1, 0.15) is 0 Å². The molecule has 1 nitrogen and oxygen atoms in total. The second-order valence-electron chi connectivity index (χ2n) is 5.99. The molecule has 0 spiro atoms. The fourth-order valence-electron chi connectivity index (χ4n) is 2.69. The van der Waals surface area contributed by atoms with Gasteiger partial charge in [-0.1, -0.05) is 64.1 Å². The predicted octanol–water partition coefficient (Wildman–Crippen LogP) is 5.70. The zero-order chi connectivity index (χ0) is 14.7. The molecule has 1 heteroatoms. The highest BCUT2D eigenvalue weighted by Crippen LogP contribution is 2.35. The van der Waals surface area contributed by atoms with Gasteiger partial charge in [-0.3, -0.25) is 0 Å². The van der Waals surface area contributed by atoms with Crippen LogP contribution in [0.3, 0.4) is 0 Å². The largest absolute Gasteiger partial charge is 0.344 e. The first-order chi connectivity index (χ1) is 9.52. The molecule has 0 fully saturated rings. The lowest BCUT2D eigenvalue weighted by Crippen LogP contribution is -2.14. The minimum atomic E-state index is 0.528. The molecule has 106 valence electrons. The molecule has 0 saturated carbocycles. The third kappa shape index (κ3) is 2.87. The zero-order valence-electron chi connectivity index (χ0n) is 13.2. The van der Waals surface area contributed by atoms with Crippen LogP contribution in [-0.2, 0) is 0 Å². The summed E-state index contributed by atoms with van der Waals surface area (Å²) >= 11 is 0. The van der Waals surface area contributed by atoms with E-state index in [1.54, 1.807) is 0 Å². The summed E-state index contributed by atoms with van der Waals surface area (Å²) in [5, 5.41) is 0. The van der Waals surface area contributed by atoms with Crippen LogP contribution in [0.15, 0.2) is 48.5 Å². The van der Waals surface area contributed by atoms with Crippen molar-refractivity contribution in [3.63, 3.8) is 0 Å². The van der Waals surface area contributed by atoms with Gasteiger partial charge in [-0.25, -0.2) is 0 Å². The van der Waals surface area contributed by atoms with E-state index in [1.165, 1.54) is 22.5 Å². The van der Waals surface area contributed by atoms with Crippen LogP contribution < -0.4 is 4.90 Å². The van der Waals surface area contributed by atoms with Gasteiger partial charge in [-0.2, -0.15) is 0 Å². The van der Waals surface area contributed by atoms with Crippen molar-refractivity contribution in [2.75, 3.05) is 11.9 Å². The first-order valence-electron chi connectivity index (χ1n) is 7.44. The fourth-order valence-corrected chi connectivity index (χ4v) is 2.69. The number of benzene rings is 2. The van der Waals surface area contributed by atoms with E-state index in [2.05, 4.69) is 88.2 Å². The molecular weight excluding hydrogens is 242 g/mol. The summed E-state index contributed by atoms with van der Waals surface area (Å²) in [5.74, 6) is 1.06. The first kappa shape index (κ1) is 14.6. The molecule has 0 aliphatic carbocycles. The predicted molar refractivity (Wildman–Crippen MR) is 89.1 cm³/mol. The standard InChI is InChI=1S/C19H25N/c1-14(2)16-10-6-8-12-18(16)20(5)19-13-9-7-11-17(19)15(3)4/h6-15H,1-5H3. The third-order valence-corrected chi connectivity index (χ3v) is 3.84. The summed E-state index contributed by atoms with van der Waals surface area (Å²) in [6.45, 7) is 9.00. The molecule has 0 aliphatic heterocycles. The Hall–Kier alpha value is -1.76.